The molecule has 0 aliphatic rings. The summed E-state index contributed by atoms with van der Waals surface area (Å²) < 4.78 is 12.4. The Labute approximate surface area is 134 Å². The third-order valence-electron chi connectivity index (χ3n) is 3.56. The number of rotatable bonds is 4. The summed E-state index contributed by atoms with van der Waals surface area (Å²) in [6.07, 6.45) is 1.95. The SMILES string of the molecule is COc1ccc(N=Nc2c(C)nc3cc(C)ccn23)c(OC)c1. The van der Waals surface area contributed by atoms with Crippen LogP contribution in [-0.4, -0.2) is 23.6 Å². The number of hydrogen-bond donors (Lipinski definition) is 0. The number of benzene rings is 1. The molecule has 0 amide bonds. The van der Waals surface area contributed by atoms with Gasteiger partial charge in [-0.3, -0.25) is 4.40 Å². The lowest BCUT2D eigenvalue weighted by Crippen LogP contribution is -1.87. The molecule has 0 unspecified atom stereocenters. The molecule has 118 valence electrons. The van der Waals surface area contributed by atoms with E-state index in [1.54, 1.807) is 20.3 Å². The second-order valence-electron chi connectivity index (χ2n) is 5.19. The average molecular weight is 310 g/mol. The molecular weight excluding hydrogens is 292 g/mol. The minimum absolute atomic E-state index is 0.607. The maximum Gasteiger partial charge on any atom is 0.182 e. The molecular formula is C17H18N4O2. The maximum atomic E-state index is 5.34. The first kappa shape index (κ1) is 15.0. The van der Waals surface area contributed by atoms with E-state index in [4.69, 9.17) is 9.47 Å². The number of pyridine rings is 1. The summed E-state index contributed by atoms with van der Waals surface area (Å²) in [5, 5.41) is 8.67. The lowest BCUT2D eigenvalue weighted by molar-refractivity contribution is 0.395. The zero-order valence-corrected chi connectivity index (χ0v) is 13.6. The highest BCUT2D eigenvalue weighted by Crippen LogP contribution is 2.33. The number of hydrogen-bond acceptors (Lipinski definition) is 5. The van der Waals surface area contributed by atoms with Crippen LogP contribution in [0.4, 0.5) is 11.5 Å². The maximum absolute atomic E-state index is 5.34. The molecule has 6 heteroatoms. The quantitative estimate of drug-likeness (QED) is 0.672. The first-order valence-corrected chi connectivity index (χ1v) is 7.21. The van der Waals surface area contributed by atoms with Crippen LogP contribution in [0.15, 0.2) is 46.8 Å². The highest BCUT2D eigenvalue weighted by atomic mass is 16.5. The van der Waals surface area contributed by atoms with Gasteiger partial charge in [0.2, 0.25) is 0 Å². The summed E-state index contributed by atoms with van der Waals surface area (Å²) in [6.45, 7) is 3.95. The molecule has 0 radical (unpaired) electrons. The Kier molecular flexibility index (Phi) is 3.97. The van der Waals surface area contributed by atoms with Crippen molar-refractivity contribution in [1.29, 1.82) is 0 Å². The molecule has 0 aliphatic heterocycles. The Morgan fingerprint density at radius 2 is 1.83 bits per heavy atom. The first-order chi connectivity index (χ1) is 11.1. The zero-order chi connectivity index (χ0) is 16.4. The van der Waals surface area contributed by atoms with Crippen molar-refractivity contribution in [2.75, 3.05) is 14.2 Å². The molecule has 0 atom stereocenters. The number of aromatic nitrogens is 2. The molecule has 23 heavy (non-hydrogen) atoms. The van der Waals surface area contributed by atoms with Crippen molar-refractivity contribution in [3.63, 3.8) is 0 Å². The molecule has 0 fully saturated rings. The zero-order valence-electron chi connectivity index (χ0n) is 13.6. The van der Waals surface area contributed by atoms with E-state index in [2.05, 4.69) is 15.2 Å². The summed E-state index contributed by atoms with van der Waals surface area (Å²) in [5.74, 6) is 2.02. The van der Waals surface area contributed by atoms with Crippen molar-refractivity contribution in [3.8, 4) is 11.5 Å². The largest absolute Gasteiger partial charge is 0.497 e. The second kappa shape index (κ2) is 6.08. The topological polar surface area (TPSA) is 60.5 Å². The van der Waals surface area contributed by atoms with Crippen LogP contribution in [0.1, 0.15) is 11.3 Å². The van der Waals surface area contributed by atoms with E-state index in [0.29, 0.717) is 23.0 Å². The van der Waals surface area contributed by atoms with Gasteiger partial charge in [0.25, 0.3) is 0 Å². The molecule has 6 nitrogen and oxygen atoms in total. The van der Waals surface area contributed by atoms with Crippen molar-refractivity contribution in [1.82, 2.24) is 9.38 Å². The minimum atomic E-state index is 0.607. The smallest absolute Gasteiger partial charge is 0.182 e. The summed E-state index contributed by atoms with van der Waals surface area (Å²) in [5.41, 5.74) is 3.47. The third kappa shape index (κ3) is 2.88. The molecule has 3 rings (SSSR count). The van der Waals surface area contributed by atoms with E-state index in [9.17, 15) is 0 Å². The minimum Gasteiger partial charge on any atom is -0.497 e. The fourth-order valence-corrected chi connectivity index (χ4v) is 2.34. The molecule has 0 N–H and O–H groups in total. The van der Waals surface area contributed by atoms with Crippen LogP contribution in [0.3, 0.4) is 0 Å². The van der Waals surface area contributed by atoms with Gasteiger partial charge in [0.1, 0.15) is 22.8 Å². The monoisotopic (exact) mass is 310 g/mol. The number of ether oxygens (including phenoxy) is 2. The predicted molar refractivity (Wildman–Crippen MR) is 88.4 cm³/mol. The van der Waals surface area contributed by atoms with Crippen LogP contribution < -0.4 is 9.47 Å². The fraction of sp³-hybridized carbons (Fsp3) is 0.235. The molecule has 0 bridgehead atoms. The van der Waals surface area contributed by atoms with Crippen LogP contribution in [0.5, 0.6) is 11.5 Å². The summed E-state index contributed by atoms with van der Waals surface area (Å²) in [4.78, 5) is 4.51. The Balaban J connectivity index is 2.02. The number of imidazole rings is 1. The molecule has 0 aliphatic carbocycles. The van der Waals surface area contributed by atoms with Gasteiger partial charge in [0.05, 0.1) is 19.9 Å². The van der Waals surface area contributed by atoms with E-state index in [1.165, 1.54) is 0 Å². The molecule has 0 saturated carbocycles. The van der Waals surface area contributed by atoms with Gasteiger partial charge in [-0.15, -0.1) is 10.2 Å². The number of fused-ring (bicyclic) bond motifs is 1. The van der Waals surface area contributed by atoms with Crippen LogP contribution in [0.2, 0.25) is 0 Å². The summed E-state index contributed by atoms with van der Waals surface area (Å²) >= 11 is 0. The molecule has 2 heterocycles. The van der Waals surface area contributed by atoms with Crippen molar-refractivity contribution in [2.45, 2.75) is 13.8 Å². The molecule has 0 spiro atoms. The highest BCUT2D eigenvalue weighted by molar-refractivity contribution is 5.56. The van der Waals surface area contributed by atoms with Gasteiger partial charge in [-0.05, 0) is 43.7 Å². The van der Waals surface area contributed by atoms with Crippen LogP contribution >= 0.6 is 0 Å². The second-order valence-corrected chi connectivity index (χ2v) is 5.19. The molecule has 2 aromatic heterocycles. The Morgan fingerprint density at radius 1 is 1.00 bits per heavy atom. The number of aryl methyl sites for hydroxylation is 2. The summed E-state index contributed by atoms with van der Waals surface area (Å²) in [6, 6.07) is 9.44. The van der Waals surface area contributed by atoms with E-state index in [-0.39, 0.29) is 0 Å². The van der Waals surface area contributed by atoms with Gasteiger partial charge in [0, 0.05) is 12.3 Å². The van der Waals surface area contributed by atoms with E-state index < -0.39 is 0 Å². The van der Waals surface area contributed by atoms with Gasteiger partial charge < -0.3 is 9.47 Å². The van der Waals surface area contributed by atoms with Crippen molar-refractivity contribution >= 4 is 17.2 Å². The van der Waals surface area contributed by atoms with Crippen LogP contribution in [0, 0.1) is 13.8 Å². The fourth-order valence-electron chi connectivity index (χ4n) is 2.34. The van der Waals surface area contributed by atoms with Crippen molar-refractivity contribution in [2.24, 2.45) is 10.2 Å². The molecule has 3 aromatic rings. The third-order valence-corrected chi connectivity index (χ3v) is 3.56. The number of nitrogens with zero attached hydrogens (tertiary/aromatic N) is 4. The van der Waals surface area contributed by atoms with Gasteiger partial charge in [-0.2, -0.15) is 0 Å². The van der Waals surface area contributed by atoms with Gasteiger partial charge in [0.15, 0.2) is 5.82 Å². The van der Waals surface area contributed by atoms with Gasteiger partial charge in [-0.25, -0.2) is 4.98 Å². The lowest BCUT2D eigenvalue weighted by atomic mass is 10.3. The summed E-state index contributed by atoms with van der Waals surface area (Å²) in [7, 11) is 3.20. The highest BCUT2D eigenvalue weighted by Gasteiger charge is 2.09. The normalized spacial score (nSPS) is 11.3. The van der Waals surface area contributed by atoms with Crippen molar-refractivity contribution in [3.05, 3.63) is 47.8 Å². The molecule has 0 saturated heterocycles. The van der Waals surface area contributed by atoms with E-state index >= 15 is 0 Å². The van der Waals surface area contributed by atoms with E-state index in [0.717, 1.165) is 16.9 Å². The Bertz CT molecular complexity index is 884. The molecule has 1 aromatic carbocycles. The van der Waals surface area contributed by atoms with Gasteiger partial charge in [-0.1, -0.05) is 0 Å². The number of azo groups is 1. The van der Waals surface area contributed by atoms with Gasteiger partial charge >= 0.3 is 0 Å². The lowest BCUT2D eigenvalue weighted by Gasteiger charge is -2.06. The standard InChI is InChI=1S/C17H18N4O2/c1-11-7-8-21-16(9-11)18-12(2)17(21)20-19-14-6-5-13(22-3)10-15(14)23-4/h5-10H,1-4H3. The van der Waals surface area contributed by atoms with Crippen LogP contribution in [-0.2, 0) is 0 Å². The Hall–Kier alpha value is -2.89. The average Bonchev–Trinajstić information content (AvgIpc) is 2.87. The number of methoxy groups -OCH3 is 2. The Morgan fingerprint density at radius 3 is 2.57 bits per heavy atom. The van der Waals surface area contributed by atoms with Crippen LogP contribution in [0.25, 0.3) is 5.65 Å². The predicted octanol–water partition coefficient (Wildman–Crippen LogP) is 4.38. The van der Waals surface area contributed by atoms with Crippen molar-refractivity contribution < 1.29 is 9.47 Å². The first-order valence-electron chi connectivity index (χ1n) is 7.21. The van der Waals surface area contributed by atoms with E-state index in [1.807, 2.05) is 48.7 Å².